The predicted octanol–water partition coefficient (Wildman–Crippen LogP) is 5.72. The van der Waals surface area contributed by atoms with Crippen LogP contribution >= 0.6 is 11.3 Å². The van der Waals surface area contributed by atoms with Crippen molar-refractivity contribution in [1.29, 1.82) is 0 Å². The summed E-state index contributed by atoms with van der Waals surface area (Å²) in [4.78, 5) is 12.4. The topological polar surface area (TPSA) is 53.6 Å². The molecule has 4 nitrogen and oxygen atoms in total. The minimum absolute atomic E-state index is 0.247. The highest BCUT2D eigenvalue weighted by Crippen LogP contribution is 2.29. The van der Waals surface area contributed by atoms with E-state index >= 15 is 0 Å². The van der Waals surface area contributed by atoms with E-state index in [2.05, 4.69) is 20.3 Å². The molecule has 0 amide bonds. The van der Waals surface area contributed by atoms with Gasteiger partial charge in [0.1, 0.15) is 11.6 Å². The highest BCUT2D eigenvalue weighted by atomic mass is 32.1. The third kappa shape index (κ3) is 2.70. The largest absolute Gasteiger partial charge is 0.338 e. The van der Waals surface area contributed by atoms with Gasteiger partial charge in [0.05, 0.1) is 21.3 Å². The fourth-order valence-electron chi connectivity index (χ4n) is 2.88. The number of para-hydroxylation sites is 2. The number of nitrogens with one attached hydrogen (secondary N) is 2. The first-order chi connectivity index (χ1) is 12.7. The molecule has 5 rings (SSSR count). The Labute approximate surface area is 152 Å². The molecule has 3 aromatic carbocycles. The molecule has 26 heavy (non-hydrogen) atoms. The Morgan fingerprint density at radius 1 is 0.885 bits per heavy atom. The summed E-state index contributed by atoms with van der Waals surface area (Å²) < 4.78 is 14.1. The molecule has 0 bridgehead atoms. The number of thiazole rings is 1. The number of nitrogens with zero attached hydrogens (tertiary/aromatic N) is 2. The Bertz CT molecular complexity index is 1190. The minimum atomic E-state index is -0.247. The quantitative estimate of drug-likeness (QED) is 0.432. The van der Waals surface area contributed by atoms with E-state index in [1.54, 1.807) is 6.07 Å². The van der Waals surface area contributed by atoms with Crippen LogP contribution in [0, 0.1) is 5.82 Å². The highest BCUT2D eigenvalue weighted by molar-refractivity contribution is 7.22. The molecule has 2 heterocycles. The van der Waals surface area contributed by atoms with E-state index in [4.69, 9.17) is 0 Å². The molecule has 0 unspecified atom stereocenters. The number of anilines is 2. The van der Waals surface area contributed by atoms with E-state index in [1.807, 2.05) is 48.5 Å². The maximum absolute atomic E-state index is 13.3. The zero-order chi connectivity index (χ0) is 17.5. The van der Waals surface area contributed by atoms with Crippen molar-refractivity contribution in [2.75, 3.05) is 5.32 Å². The standard InChI is InChI=1S/C20H13FN4S/c21-13-7-10-17-18(11-13)26-20(25-17)22-14-8-5-12(6-9-14)19-23-15-3-1-2-4-16(15)24-19/h1-11H,(H,22,25)(H,23,24). The van der Waals surface area contributed by atoms with E-state index in [-0.39, 0.29) is 5.82 Å². The zero-order valence-electron chi connectivity index (χ0n) is 13.5. The Morgan fingerprint density at radius 2 is 1.73 bits per heavy atom. The minimum Gasteiger partial charge on any atom is -0.338 e. The second-order valence-electron chi connectivity index (χ2n) is 5.94. The predicted molar refractivity (Wildman–Crippen MR) is 104 cm³/mol. The van der Waals surface area contributed by atoms with E-state index in [9.17, 15) is 4.39 Å². The molecular formula is C20H13FN4S. The van der Waals surface area contributed by atoms with Crippen LogP contribution in [-0.4, -0.2) is 15.0 Å². The Balaban J connectivity index is 1.41. The zero-order valence-corrected chi connectivity index (χ0v) is 14.3. The van der Waals surface area contributed by atoms with Gasteiger partial charge in [0.2, 0.25) is 0 Å². The summed E-state index contributed by atoms with van der Waals surface area (Å²) in [6.07, 6.45) is 0. The van der Waals surface area contributed by atoms with Crippen molar-refractivity contribution < 1.29 is 4.39 Å². The Morgan fingerprint density at radius 3 is 2.58 bits per heavy atom. The van der Waals surface area contributed by atoms with Crippen LogP contribution in [0.1, 0.15) is 0 Å². The summed E-state index contributed by atoms with van der Waals surface area (Å²) in [7, 11) is 0. The van der Waals surface area contributed by atoms with Crippen molar-refractivity contribution in [3.05, 3.63) is 72.5 Å². The van der Waals surface area contributed by atoms with Gasteiger partial charge in [-0.2, -0.15) is 0 Å². The number of fused-ring (bicyclic) bond motifs is 2. The Hall–Kier alpha value is -3.25. The van der Waals surface area contributed by atoms with Crippen LogP contribution in [0.25, 0.3) is 32.6 Å². The van der Waals surface area contributed by atoms with Gasteiger partial charge in [0, 0.05) is 11.3 Å². The molecule has 0 radical (unpaired) electrons. The summed E-state index contributed by atoms with van der Waals surface area (Å²) in [6, 6.07) is 20.6. The lowest BCUT2D eigenvalue weighted by Crippen LogP contribution is -1.89. The number of halogens is 1. The maximum atomic E-state index is 13.3. The lowest BCUT2D eigenvalue weighted by Gasteiger charge is -2.03. The van der Waals surface area contributed by atoms with Gasteiger partial charge >= 0.3 is 0 Å². The smallest absolute Gasteiger partial charge is 0.188 e. The van der Waals surface area contributed by atoms with Crippen molar-refractivity contribution in [2.45, 2.75) is 0 Å². The van der Waals surface area contributed by atoms with Gasteiger partial charge in [-0.05, 0) is 54.6 Å². The number of hydrogen-bond donors (Lipinski definition) is 2. The van der Waals surface area contributed by atoms with Crippen molar-refractivity contribution in [2.24, 2.45) is 0 Å². The molecule has 2 N–H and O–H groups in total. The van der Waals surface area contributed by atoms with Crippen LogP contribution in [0.3, 0.4) is 0 Å². The second kappa shape index (κ2) is 5.93. The summed E-state index contributed by atoms with van der Waals surface area (Å²) >= 11 is 1.43. The molecule has 0 aliphatic heterocycles. The first kappa shape index (κ1) is 15.0. The molecule has 0 aliphatic rings. The van der Waals surface area contributed by atoms with Crippen LogP contribution < -0.4 is 5.32 Å². The average molecular weight is 360 g/mol. The van der Waals surface area contributed by atoms with Crippen LogP contribution in [0.5, 0.6) is 0 Å². The monoisotopic (exact) mass is 360 g/mol. The van der Waals surface area contributed by atoms with Crippen LogP contribution in [0.2, 0.25) is 0 Å². The maximum Gasteiger partial charge on any atom is 0.188 e. The number of hydrogen-bond acceptors (Lipinski definition) is 4. The highest BCUT2D eigenvalue weighted by Gasteiger charge is 2.07. The third-order valence-corrected chi connectivity index (χ3v) is 5.08. The van der Waals surface area contributed by atoms with Gasteiger partial charge in [-0.25, -0.2) is 14.4 Å². The molecule has 5 aromatic rings. The van der Waals surface area contributed by atoms with Crippen molar-refractivity contribution >= 4 is 43.4 Å². The van der Waals surface area contributed by atoms with Crippen molar-refractivity contribution in [1.82, 2.24) is 15.0 Å². The number of aromatic amines is 1. The summed E-state index contributed by atoms with van der Waals surface area (Å²) in [6.45, 7) is 0. The number of aromatic nitrogens is 3. The molecule has 0 saturated heterocycles. The fourth-order valence-corrected chi connectivity index (χ4v) is 3.79. The summed E-state index contributed by atoms with van der Waals surface area (Å²) in [5, 5.41) is 4.01. The SMILES string of the molecule is Fc1ccc2nc(Nc3ccc(-c4nc5ccccc5[nH]4)cc3)sc2c1. The number of rotatable bonds is 3. The third-order valence-electron chi connectivity index (χ3n) is 4.15. The van der Waals surface area contributed by atoms with Gasteiger partial charge in [-0.15, -0.1) is 0 Å². The second-order valence-corrected chi connectivity index (χ2v) is 6.97. The first-order valence-corrected chi connectivity index (χ1v) is 8.94. The van der Waals surface area contributed by atoms with E-state index < -0.39 is 0 Å². The molecule has 6 heteroatoms. The van der Waals surface area contributed by atoms with Gasteiger partial charge in [-0.1, -0.05) is 23.5 Å². The molecular weight excluding hydrogens is 347 g/mol. The summed E-state index contributed by atoms with van der Waals surface area (Å²) in [5.74, 6) is 0.594. The molecule has 0 aliphatic carbocycles. The van der Waals surface area contributed by atoms with Gasteiger partial charge in [0.25, 0.3) is 0 Å². The normalized spacial score (nSPS) is 11.3. The number of imidazole rings is 1. The van der Waals surface area contributed by atoms with Crippen LogP contribution in [0.4, 0.5) is 15.2 Å². The average Bonchev–Trinajstić information content (AvgIpc) is 3.25. The van der Waals surface area contributed by atoms with Gasteiger partial charge in [0.15, 0.2) is 5.13 Å². The first-order valence-electron chi connectivity index (χ1n) is 8.13. The van der Waals surface area contributed by atoms with Gasteiger partial charge in [-0.3, -0.25) is 0 Å². The van der Waals surface area contributed by atoms with Crippen molar-refractivity contribution in [3.8, 4) is 11.4 Å². The molecule has 0 spiro atoms. The van der Waals surface area contributed by atoms with Crippen molar-refractivity contribution in [3.63, 3.8) is 0 Å². The van der Waals surface area contributed by atoms with E-state index in [0.29, 0.717) is 0 Å². The molecule has 0 atom stereocenters. The lowest BCUT2D eigenvalue weighted by atomic mass is 10.2. The van der Waals surface area contributed by atoms with Crippen LogP contribution in [0.15, 0.2) is 66.7 Å². The molecule has 126 valence electrons. The van der Waals surface area contributed by atoms with Crippen LogP contribution in [-0.2, 0) is 0 Å². The molecule has 2 aromatic heterocycles. The molecule has 0 saturated carbocycles. The fraction of sp³-hybridized carbons (Fsp3) is 0. The van der Waals surface area contributed by atoms with Gasteiger partial charge < -0.3 is 10.3 Å². The number of H-pyrrole nitrogens is 1. The lowest BCUT2D eigenvalue weighted by molar-refractivity contribution is 0.630. The molecule has 0 fully saturated rings. The van der Waals surface area contributed by atoms with E-state index in [1.165, 1.54) is 23.5 Å². The summed E-state index contributed by atoms with van der Waals surface area (Å²) in [5.41, 5.74) is 4.69. The number of benzene rings is 3. The Kier molecular flexibility index (Phi) is 3.43. The van der Waals surface area contributed by atoms with E-state index in [0.717, 1.165) is 43.5 Å².